The zero-order valence-corrected chi connectivity index (χ0v) is 30.9. The lowest BCUT2D eigenvalue weighted by Gasteiger charge is -2.72. The van der Waals surface area contributed by atoms with Gasteiger partial charge < -0.3 is 0 Å². The van der Waals surface area contributed by atoms with Gasteiger partial charge in [0, 0.05) is 0 Å². The fourth-order valence-corrected chi connectivity index (χ4v) is 18.0. The molecule has 0 aromatic heterocycles. The lowest BCUT2D eigenvalue weighted by atomic mass is 9.32. The number of hydrogen-bond donors (Lipinski definition) is 0. The van der Waals surface area contributed by atoms with Crippen molar-refractivity contribution >= 4 is 0 Å². The first-order chi connectivity index (χ1) is 21.0. The third-order valence-corrected chi connectivity index (χ3v) is 18.2. The number of hydrogen-bond acceptors (Lipinski definition) is 0. The van der Waals surface area contributed by atoms with Gasteiger partial charge in [-0.15, -0.1) is 0 Å². The Labute approximate surface area is 274 Å². The average molecular weight is 603 g/mol. The van der Waals surface area contributed by atoms with Crippen molar-refractivity contribution in [3.05, 3.63) is 0 Å². The van der Waals surface area contributed by atoms with Gasteiger partial charge in [0.15, 0.2) is 0 Å². The molecule has 0 N–H and O–H groups in total. The third kappa shape index (κ3) is 4.18. The molecule has 0 amide bonds. The van der Waals surface area contributed by atoms with Crippen LogP contribution in [-0.2, 0) is 0 Å². The van der Waals surface area contributed by atoms with Crippen LogP contribution in [0, 0.1) is 123 Å². The van der Waals surface area contributed by atoms with Crippen molar-refractivity contribution in [2.24, 2.45) is 123 Å². The van der Waals surface area contributed by atoms with Gasteiger partial charge in [-0.2, -0.15) is 0 Å². The number of fused-ring (bicyclic) bond motifs is 13. The second-order valence-corrected chi connectivity index (χ2v) is 21.3. The van der Waals surface area contributed by atoms with Crippen molar-refractivity contribution in [1.82, 2.24) is 0 Å². The zero-order chi connectivity index (χ0) is 30.9. The molecule has 8 fully saturated rings. The fourth-order valence-electron chi connectivity index (χ4n) is 18.0. The molecule has 0 aromatic rings. The highest BCUT2D eigenvalue weighted by molar-refractivity contribution is 5.25. The first kappa shape index (κ1) is 31.3. The molecule has 8 aliphatic carbocycles. The average Bonchev–Trinajstić information content (AvgIpc) is 3.49. The summed E-state index contributed by atoms with van der Waals surface area (Å²) in [7, 11) is 0. The van der Waals surface area contributed by atoms with E-state index in [0.717, 1.165) is 112 Å². The van der Waals surface area contributed by atoms with Crippen LogP contribution in [0.2, 0.25) is 0 Å². The van der Waals surface area contributed by atoms with Crippen LogP contribution in [0.15, 0.2) is 0 Å². The Kier molecular flexibility index (Phi) is 7.83. The van der Waals surface area contributed by atoms with Gasteiger partial charge in [-0.1, -0.05) is 94.4 Å². The highest BCUT2D eigenvalue weighted by atomic mass is 14.8. The Morgan fingerprint density at radius 1 is 0.500 bits per heavy atom. The first-order valence-electron chi connectivity index (χ1n) is 21.0. The van der Waals surface area contributed by atoms with Crippen molar-refractivity contribution in [3.8, 4) is 0 Å². The first-order valence-corrected chi connectivity index (χ1v) is 21.0. The Balaban J connectivity index is 1.26. The summed E-state index contributed by atoms with van der Waals surface area (Å²) in [6.07, 6.45) is 22.3. The van der Waals surface area contributed by atoms with E-state index in [1.165, 1.54) is 12.8 Å². The summed E-state index contributed by atoms with van der Waals surface area (Å²) in [6, 6.07) is 0. The van der Waals surface area contributed by atoms with Gasteiger partial charge in [-0.05, 0) is 181 Å². The van der Waals surface area contributed by atoms with Gasteiger partial charge in [0.1, 0.15) is 0 Å². The Hall–Kier alpha value is 0. The lowest BCUT2D eigenvalue weighted by Crippen LogP contribution is -2.68. The normalized spacial score (nSPS) is 54.8. The molecule has 0 heteroatoms. The molecule has 0 saturated heterocycles. The van der Waals surface area contributed by atoms with E-state index >= 15 is 0 Å². The molecular formula is C44H74. The molecule has 250 valence electrons. The van der Waals surface area contributed by atoms with E-state index in [9.17, 15) is 0 Å². The minimum Gasteiger partial charge on any atom is -0.0625 e. The molecule has 15 unspecified atom stereocenters. The van der Waals surface area contributed by atoms with Crippen molar-refractivity contribution in [3.63, 3.8) is 0 Å². The molecular weight excluding hydrogens is 528 g/mol. The fraction of sp³-hybridized carbons (Fsp3) is 1.00. The van der Waals surface area contributed by atoms with Crippen LogP contribution in [0.25, 0.3) is 0 Å². The van der Waals surface area contributed by atoms with Crippen LogP contribution < -0.4 is 0 Å². The monoisotopic (exact) mass is 603 g/mol. The SMILES string of the molecule is CC(C)C1C(C(C)C)C2(C3CCC4C5CCC6CCCCC6C5CC4C3C3CC(C(C)(C)C)C4CCCCC4C32)C1C(C)C. The molecule has 0 bridgehead atoms. The second-order valence-electron chi connectivity index (χ2n) is 21.3. The number of rotatable bonds is 3. The summed E-state index contributed by atoms with van der Waals surface area (Å²) in [5.74, 6) is 19.4. The van der Waals surface area contributed by atoms with Crippen LogP contribution in [-0.4, -0.2) is 0 Å². The quantitative estimate of drug-likeness (QED) is 0.301. The van der Waals surface area contributed by atoms with Crippen LogP contribution in [0.4, 0.5) is 0 Å². The van der Waals surface area contributed by atoms with Crippen molar-refractivity contribution < 1.29 is 0 Å². The molecule has 8 rings (SSSR count). The predicted molar refractivity (Wildman–Crippen MR) is 187 cm³/mol. The molecule has 0 aromatic carbocycles. The summed E-state index contributed by atoms with van der Waals surface area (Å²) in [5, 5.41) is 0. The maximum absolute atomic E-state index is 2.69. The summed E-state index contributed by atoms with van der Waals surface area (Å²) < 4.78 is 0. The van der Waals surface area contributed by atoms with Crippen LogP contribution in [0.1, 0.15) is 152 Å². The third-order valence-electron chi connectivity index (χ3n) is 18.2. The van der Waals surface area contributed by atoms with Crippen LogP contribution >= 0.6 is 0 Å². The maximum Gasteiger partial charge on any atom is -0.0165 e. The van der Waals surface area contributed by atoms with E-state index in [2.05, 4.69) is 62.3 Å². The van der Waals surface area contributed by atoms with E-state index in [4.69, 9.17) is 0 Å². The molecule has 0 heterocycles. The lowest BCUT2D eigenvalue weighted by molar-refractivity contribution is -0.256. The van der Waals surface area contributed by atoms with Gasteiger partial charge in [-0.3, -0.25) is 0 Å². The molecule has 0 aliphatic heterocycles. The van der Waals surface area contributed by atoms with Crippen molar-refractivity contribution in [2.45, 2.75) is 152 Å². The van der Waals surface area contributed by atoms with Gasteiger partial charge in [-0.25, -0.2) is 0 Å². The molecule has 44 heavy (non-hydrogen) atoms. The zero-order valence-electron chi connectivity index (χ0n) is 30.9. The van der Waals surface area contributed by atoms with E-state index in [0.29, 0.717) is 10.8 Å². The predicted octanol–water partition coefficient (Wildman–Crippen LogP) is 12.4. The van der Waals surface area contributed by atoms with Gasteiger partial charge in [0.2, 0.25) is 0 Å². The van der Waals surface area contributed by atoms with Crippen molar-refractivity contribution in [1.29, 1.82) is 0 Å². The minimum absolute atomic E-state index is 0.471. The second kappa shape index (κ2) is 11.0. The molecule has 0 nitrogen and oxygen atoms in total. The maximum atomic E-state index is 2.69. The molecule has 15 atom stereocenters. The Bertz CT molecular complexity index is 1020. The Morgan fingerprint density at radius 3 is 1.73 bits per heavy atom. The largest absolute Gasteiger partial charge is 0.0625 e. The van der Waals surface area contributed by atoms with Crippen LogP contribution in [0.5, 0.6) is 0 Å². The highest BCUT2D eigenvalue weighted by Crippen LogP contribution is 2.83. The van der Waals surface area contributed by atoms with E-state index in [1.807, 2.05) is 0 Å². The molecule has 0 radical (unpaired) electrons. The summed E-state index contributed by atoms with van der Waals surface area (Å²) >= 11 is 0. The standard InChI is InChI=1S/C44H74/c1-24(2)38-40(25(3)4)44(41(38)26(5)6)36-21-20-30-29-19-18-27-14-10-11-15-28(27)33(29)22-34(30)39(36)35-23-37(43(7,8)9)31-16-12-13-17-32(31)42(35)44/h24-42H,10-23H2,1-9H3. The summed E-state index contributed by atoms with van der Waals surface area (Å²) in [4.78, 5) is 0. The summed E-state index contributed by atoms with van der Waals surface area (Å²) in [6.45, 7) is 24.0. The smallest absolute Gasteiger partial charge is 0.0165 e. The summed E-state index contributed by atoms with van der Waals surface area (Å²) in [5.41, 5.74) is 1.13. The molecule has 8 aliphatic rings. The Morgan fingerprint density at radius 2 is 1.09 bits per heavy atom. The van der Waals surface area contributed by atoms with Gasteiger partial charge >= 0.3 is 0 Å². The highest BCUT2D eigenvalue weighted by Gasteiger charge is 2.78. The van der Waals surface area contributed by atoms with E-state index in [-0.39, 0.29) is 0 Å². The van der Waals surface area contributed by atoms with E-state index < -0.39 is 0 Å². The van der Waals surface area contributed by atoms with Gasteiger partial charge in [0.25, 0.3) is 0 Å². The van der Waals surface area contributed by atoms with Crippen molar-refractivity contribution in [2.75, 3.05) is 0 Å². The molecule has 1 spiro atoms. The minimum atomic E-state index is 0.471. The van der Waals surface area contributed by atoms with Crippen LogP contribution in [0.3, 0.4) is 0 Å². The molecule has 8 saturated carbocycles. The topological polar surface area (TPSA) is 0 Å². The van der Waals surface area contributed by atoms with Gasteiger partial charge in [0.05, 0.1) is 0 Å². The van der Waals surface area contributed by atoms with E-state index in [1.54, 1.807) is 77.0 Å².